The number of benzene rings is 6. The quantitative estimate of drug-likeness (QED) is 0.164. The monoisotopic (exact) mass is 792 g/mol. The van der Waals surface area contributed by atoms with Crippen LogP contribution in [0.2, 0.25) is 0 Å². The van der Waals surface area contributed by atoms with Crippen molar-refractivity contribution < 1.29 is 0 Å². The fourth-order valence-corrected chi connectivity index (χ4v) is 13.2. The zero-order chi connectivity index (χ0) is 40.2. The van der Waals surface area contributed by atoms with Crippen molar-refractivity contribution in [3.05, 3.63) is 168 Å². The Morgan fingerprint density at radius 1 is 0.339 bits per heavy atom. The first-order valence-corrected chi connectivity index (χ1v) is 22.6. The number of aromatic nitrogens is 4. The molecule has 4 unspecified atom stereocenters. The van der Waals surface area contributed by atoms with Crippen LogP contribution in [0.15, 0.2) is 146 Å². The maximum atomic E-state index is 5.65. The van der Waals surface area contributed by atoms with Gasteiger partial charge in [-0.3, -0.25) is 9.97 Å². The number of pyridine rings is 4. The van der Waals surface area contributed by atoms with Gasteiger partial charge in [0, 0.05) is 45.1 Å². The van der Waals surface area contributed by atoms with E-state index in [1.54, 1.807) is 0 Å². The molecule has 0 N–H and O–H groups in total. The zero-order valence-corrected chi connectivity index (χ0v) is 34.2. The Bertz CT molecular complexity index is 3400. The van der Waals surface area contributed by atoms with Gasteiger partial charge in [0.25, 0.3) is 0 Å². The van der Waals surface area contributed by atoms with Gasteiger partial charge in [-0.25, -0.2) is 9.97 Å². The molecule has 2 fully saturated rings. The van der Waals surface area contributed by atoms with Gasteiger partial charge in [-0.2, -0.15) is 0 Å². The molecule has 62 heavy (non-hydrogen) atoms. The predicted molar refractivity (Wildman–Crippen MR) is 252 cm³/mol. The lowest BCUT2D eigenvalue weighted by atomic mass is 9.78. The molecule has 0 aliphatic heterocycles. The van der Waals surface area contributed by atoms with Crippen molar-refractivity contribution in [2.75, 3.05) is 0 Å². The summed E-state index contributed by atoms with van der Waals surface area (Å²) in [6, 6.07) is 50.0. The van der Waals surface area contributed by atoms with E-state index in [-0.39, 0.29) is 0 Å². The molecule has 5 aliphatic rings. The number of hydrogen-bond acceptors (Lipinski definition) is 4. The Labute approximate surface area is 359 Å². The molecule has 4 bridgehead atoms. The second kappa shape index (κ2) is 12.3. The minimum Gasteiger partial charge on any atom is -0.254 e. The Hall–Kier alpha value is -7.04. The van der Waals surface area contributed by atoms with Crippen LogP contribution >= 0.6 is 0 Å². The molecule has 10 aromatic rings. The lowest BCUT2D eigenvalue weighted by Gasteiger charge is -2.26. The highest BCUT2D eigenvalue weighted by atomic mass is 14.8. The van der Waals surface area contributed by atoms with Crippen LogP contribution in [0.5, 0.6) is 0 Å². The minimum absolute atomic E-state index is 0.552. The van der Waals surface area contributed by atoms with E-state index in [4.69, 9.17) is 19.9 Å². The molecular formula is C58H40N4. The molecule has 4 aromatic heterocycles. The normalized spacial score (nSPS) is 19.9. The van der Waals surface area contributed by atoms with Gasteiger partial charge in [0.2, 0.25) is 0 Å². The highest BCUT2D eigenvalue weighted by Crippen LogP contribution is 2.60. The molecule has 4 atom stereocenters. The minimum atomic E-state index is 0.552. The third kappa shape index (κ3) is 4.46. The van der Waals surface area contributed by atoms with Gasteiger partial charge in [-0.1, -0.05) is 109 Å². The molecule has 4 heterocycles. The summed E-state index contributed by atoms with van der Waals surface area (Å²) in [5.41, 5.74) is 24.7. The standard InChI is InChI=1S/C58H40N4/c1-3-11-41-39(9-1)40-10-2-4-12-42(40)48-30-38(54-52-36-16-14-34(28-36)50(52)46-24-18-32-8-6-26-60-56(32)58(46)62-54)20-22-44(48)43-21-19-37(29-47(41)43)53-51-35-15-13-33(27-35)49(51)45-23-17-31-7-5-25-59-55(31)57(45)61-53/h1-12,17-26,29-30,33-36H,13-16,27-28H2. The first-order chi connectivity index (χ1) is 30.7. The van der Waals surface area contributed by atoms with E-state index in [2.05, 4.69) is 121 Å². The third-order valence-electron chi connectivity index (χ3n) is 15.7. The van der Waals surface area contributed by atoms with Gasteiger partial charge >= 0.3 is 0 Å². The average molecular weight is 793 g/mol. The predicted octanol–water partition coefficient (Wildman–Crippen LogP) is 14.9. The lowest BCUT2D eigenvalue weighted by Crippen LogP contribution is -2.06. The fraction of sp³-hybridized carbons (Fsp3) is 0.172. The summed E-state index contributed by atoms with van der Waals surface area (Å²) in [6.07, 6.45) is 11.3. The first-order valence-electron chi connectivity index (χ1n) is 22.6. The molecule has 6 aromatic carbocycles. The van der Waals surface area contributed by atoms with Crippen LogP contribution in [0.4, 0.5) is 0 Å². The maximum absolute atomic E-state index is 5.65. The van der Waals surface area contributed by atoms with Crippen LogP contribution in [0.1, 0.15) is 84.5 Å². The lowest BCUT2D eigenvalue weighted by molar-refractivity contribution is 0.720. The van der Waals surface area contributed by atoms with Gasteiger partial charge in [0.05, 0.1) is 33.5 Å². The Morgan fingerprint density at radius 3 is 1.19 bits per heavy atom. The number of fused-ring (bicyclic) bond motifs is 26. The molecule has 4 nitrogen and oxygen atoms in total. The van der Waals surface area contributed by atoms with Gasteiger partial charge in [-0.05, 0) is 153 Å². The summed E-state index contributed by atoms with van der Waals surface area (Å²) in [4.78, 5) is 21.1. The molecule has 292 valence electrons. The Balaban J connectivity index is 0.987. The van der Waals surface area contributed by atoms with Crippen molar-refractivity contribution in [3.63, 3.8) is 0 Å². The van der Waals surface area contributed by atoms with E-state index >= 15 is 0 Å². The van der Waals surface area contributed by atoms with Crippen molar-refractivity contribution in [1.29, 1.82) is 0 Å². The number of hydrogen-bond donors (Lipinski definition) is 0. The average Bonchev–Trinajstić information content (AvgIpc) is 4.17. The van der Waals surface area contributed by atoms with Crippen LogP contribution in [0.3, 0.4) is 0 Å². The molecule has 2 saturated carbocycles. The second-order valence-corrected chi connectivity index (χ2v) is 18.7. The smallest absolute Gasteiger partial charge is 0.0975 e. The van der Waals surface area contributed by atoms with Gasteiger partial charge in [-0.15, -0.1) is 0 Å². The van der Waals surface area contributed by atoms with E-state index in [9.17, 15) is 0 Å². The summed E-state index contributed by atoms with van der Waals surface area (Å²) >= 11 is 0. The van der Waals surface area contributed by atoms with Crippen molar-refractivity contribution >= 4 is 43.6 Å². The van der Waals surface area contributed by atoms with Crippen LogP contribution < -0.4 is 0 Å². The van der Waals surface area contributed by atoms with Crippen LogP contribution in [0.25, 0.3) is 111 Å². The SMILES string of the molecule is c1ccc2c(c1)-c1ccccc1-c1cc(-c3nc4c(ccc5cccnc54)c4c3C3CCC4C3)ccc1-c1ccc(-c3nc4c(ccc5cccnc54)c4c3C3CCC4C3)cc1-2. The van der Waals surface area contributed by atoms with E-state index in [1.165, 1.54) is 127 Å². The van der Waals surface area contributed by atoms with E-state index < -0.39 is 0 Å². The molecule has 0 amide bonds. The first kappa shape index (κ1) is 33.7. The summed E-state index contributed by atoms with van der Waals surface area (Å²) in [5, 5.41) is 4.88. The zero-order valence-electron chi connectivity index (χ0n) is 34.2. The summed E-state index contributed by atoms with van der Waals surface area (Å²) in [5.74, 6) is 2.28. The van der Waals surface area contributed by atoms with Gasteiger partial charge in [0.15, 0.2) is 0 Å². The molecule has 0 radical (unpaired) electrons. The highest BCUT2D eigenvalue weighted by Gasteiger charge is 2.42. The van der Waals surface area contributed by atoms with Crippen molar-refractivity contribution in [2.24, 2.45) is 0 Å². The summed E-state index contributed by atoms with van der Waals surface area (Å²) < 4.78 is 0. The van der Waals surface area contributed by atoms with E-state index in [1.807, 2.05) is 24.5 Å². The van der Waals surface area contributed by atoms with E-state index in [0.29, 0.717) is 23.7 Å². The Kier molecular flexibility index (Phi) is 6.67. The molecule has 4 heteroatoms. The van der Waals surface area contributed by atoms with Crippen LogP contribution in [0, 0.1) is 0 Å². The molecule has 5 aliphatic carbocycles. The molecule has 15 rings (SSSR count). The second-order valence-electron chi connectivity index (χ2n) is 18.7. The Morgan fingerprint density at radius 2 is 0.742 bits per heavy atom. The fourth-order valence-electron chi connectivity index (χ4n) is 13.2. The van der Waals surface area contributed by atoms with Gasteiger partial charge in [0.1, 0.15) is 0 Å². The number of nitrogens with zero attached hydrogens (tertiary/aromatic N) is 4. The summed E-state index contributed by atoms with van der Waals surface area (Å²) in [6.45, 7) is 0. The van der Waals surface area contributed by atoms with Crippen molar-refractivity contribution in [3.8, 4) is 67.0 Å². The van der Waals surface area contributed by atoms with Crippen LogP contribution in [-0.2, 0) is 0 Å². The molecular weight excluding hydrogens is 753 g/mol. The summed E-state index contributed by atoms with van der Waals surface area (Å²) in [7, 11) is 0. The number of rotatable bonds is 2. The van der Waals surface area contributed by atoms with Gasteiger partial charge < -0.3 is 0 Å². The largest absolute Gasteiger partial charge is 0.254 e. The third-order valence-corrected chi connectivity index (χ3v) is 15.7. The topological polar surface area (TPSA) is 51.6 Å². The molecule has 0 saturated heterocycles. The van der Waals surface area contributed by atoms with Crippen molar-refractivity contribution in [2.45, 2.75) is 62.2 Å². The highest BCUT2D eigenvalue weighted by molar-refractivity contribution is 6.09. The van der Waals surface area contributed by atoms with Crippen molar-refractivity contribution in [1.82, 2.24) is 19.9 Å². The van der Waals surface area contributed by atoms with Crippen LogP contribution in [-0.4, -0.2) is 19.9 Å². The molecule has 0 spiro atoms. The maximum Gasteiger partial charge on any atom is 0.0975 e. The van der Waals surface area contributed by atoms with E-state index in [0.717, 1.165) is 44.2 Å².